The number of carbonyl (C=O) groups excluding carboxylic acids is 2. The molecule has 0 radical (unpaired) electrons. The predicted molar refractivity (Wildman–Crippen MR) is 114 cm³/mol. The maximum absolute atomic E-state index is 12.9. The third-order valence-corrected chi connectivity index (χ3v) is 5.34. The summed E-state index contributed by atoms with van der Waals surface area (Å²) < 4.78 is 5.47. The number of likely N-dealkylation sites (tertiary alicyclic amines) is 1. The largest absolute Gasteiger partial charge is 0.490 e. The minimum atomic E-state index is -0.329. The predicted octanol–water partition coefficient (Wildman–Crippen LogP) is 3.91. The van der Waals surface area contributed by atoms with E-state index in [1.165, 1.54) is 0 Å². The molecule has 2 aromatic carbocycles. The van der Waals surface area contributed by atoms with Crippen LogP contribution in [-0.2, 0) is 22.7 Å². The molecule has 2 amide bonds. The minimum Gasteiger partial charge on any atom is -0.490 e. The van der Waals surface area contributed by atoms with Gasteiger partial charge in [-0.1, -0.05) is 54.6 Å². The summed E-state index contributed by atoms with van der Waals surface area (Å²) in [4.78, 5) is 28.6. The molecule has 0 aromatic heterocycles. The highest BCUT2D eigenvalue weighted by atomic mass is 35.5. The summed E-state index contributed by atoms with van der Waals surface area (Å²) in [5, 5.41) is 0.632. The minimum absolute atomic E-state index is 0.0135. The van der Waals surface area contributed by atoms with E-state index in [9.17, 15) is 9.59 Å². The summed E-state index contributed by atoms with van der Waals surface area (Å²) in [6.45, 7) is 5.41. The van der Waals surface area contributed by atoms with Crippen LogP contribution < -0.4 is 4.74 Å². The van der Waals surface area contributed by atoms with Gasteiger partial charge < -0.3 is 14.5 Å². The summed E-state index contributed by atoms with van der Waals surface area (Å²) in [5.74, 6) is 0.400. The highest BCUT2D eigenvalue weighted by Crippen LogP contribution is 2.25. The number of benzene rings is 2. The van der Waals surface area contributed by atoms with Crippen LogP contribution >= 0.6 is 11.6 Å². The Hall–Kier alpha value is -2.79. The Morgan fingerprint density at radius 2 is 2.00 bits per heavy atom. The second kappa shape index (κ2) is 9.61. The Morgan fingerprint density at radius 1 is 1.28 bits per heavy atom. The molecule has 0 N–H and O–H groups in total. The first-order chi connectivity index (χ1) is 14.0. The topological polar surface area (TPSA) is 49.9 Å². The van der Waals surface area contributed by atoms with E-state index in [-0.39, 0.29) is 24.2 Å². The number of carbonyl (C=O) groups is 2. The number of nitrogens with zero attached hydrogens (tertiary/aromatic N) is 2. The number of amides is 2. The highest BCUT2D eigenvalue weighted by Gasteiger charge is 2.35. The summed E-state index contributed by atoms with van der Waals surface area (Å²) in [7, 11) is 1.77. The van der Waals surface area contributed by atoms with Crippen molar-refractivity contribution in [2.45, 2.75) is 19.5 Å². The molecule has 5 nitrogen and oxygen atoms in total. The molecule has 3 rings (SSSR count). The van der Waals surface area contributed by atoms with E-state index >= 15 is 0 Å². The van der Waals surface area contributed by atoms with Crippen molar-refractivity contribution in [3.63, 3.8) is 0 Å². The van der Waals surface area contributed by atoms with Gasteiger partial charge in [-0.15, -0.1) is 0 Å². The monoisotopic (exact) mass is 412 g/mol. The lowest BCUT2D eigenvalue weighted by molar-refractivity contribution is -0.135. The molecule has 1 aliphatic rings. The van der Waals surface area contributed by atoms with Crippen molar-refractivity contribution in [2.24, 2.45) is 5.92 Å². The molecule has 0 bridgehead atoms. The summed E-state index contributed by atoms with van der Waals surface area (Å²) in [6, 6.07) is 15.1. The number of hydrogen-bond donors (Lipinski definition) is 0. The van der Waals surface area contributed by atoms with Gasteiger partial charge >= 0.3 is 0 Å². The molecule has 1 heterocycles. The highest BCUT2D eigenvalue weighted by molar-refractivity contribution is 6.31. The number of rotatable bonds is 8. The Kier molecular flexibility index (Phi) is 6.94. The molecule has 1 fully saturated rings. The fraction of sp³-hybridized carbons (Fsp3) is 0.304. The molecule has 1 saturated heterocycles. The van der Waals surface area contributed by atoms with E-state index in [4.69, 9.17) is 16.3 Å². The smallest absolute Gasteiger partial charge is 0.228 e. The van der Waals surface area contributed by atoms with E-state index in [1.807, 2.05) is 48.5 Å². The van der Waals surface area contributed by atoms with Crippen LogP contribution in [0.4, 0.5) is 0 Å². The Balaban J connectivity index is 1.56. The fourth-order valence-corrected chi connectivity index (χ4v) is 3.63. The van der Waals surface area contributed by atoms with Gasteiger partial charge in [-0.3, -0.25) is 9.59 Å². The van der Waals surface area contributed by atoms with Crippen molar-refractivity contribution in [3.05, 3.63) is 77.3 Å². The van der Waals surface area contributed by atoms with Crippen molar-refractivity contribution in [1.82, 2.24) is 9.80 Å². The Bertz CT molecular complexity index is 882. The number of hydrogen-bond acceptors (Lipinski definition) is 3. The second-order valence-electron chi connectivity index (χ2n) is 7.20. The summed E-state index contributed by atoms with van der Waals surface area (Å²) in [5.41, 5.74) is 1.90. The van der Waals surface area contributed by atoms with Crippen LogP contribution in [0.5, 0.6) is 5.75 Å². The van der Waals surface area contributed by atoms with Gasteiger partial charge in [0, 0.05) is 38.1 Å². The SMILES string of the molecule is C=CCOc1ccc(CN(C)C(=O)[C@@H]2CC(=O)N(Cc3ccccc3Cl)C2)cc1. The van der Waals surface area contributed by atoms with Gasteiger partial charge in [0.15, 0.2) is 0 Å². The zero-order valence-corrected chi connectivity index (χ0v) is 17.3. The van der Waals surface area contributed by atoms with Gasteiger partial charge in [-0.2, -0.15) is 0 Å². The van der Waals surface area contributed by atoms with Gasteiger partial charge in [0.25, 0.3) is 0 Å². The zero-order chi connectivity index (χ0) is 20.8. The van der Waals surface area contributed by atoms with Crippen LogP contribution in [0, 0.1) is 5.92 Å². The number of halogens is 1. The molecular weight excluding hydrogens is 388 g/mol. The molecule has 1 aliphatic heterocycles. The number of ether oxygens (including phenoxy) is 1. The fourth-order valence-electron chi connectivity index (χ4n) is 3.43. The van der Waals surface area contributed by atoms with Gasteiger partial charge in [0.1, 0.15) is 12.4 Å². The molecule has 6 heteroatoms. The third kappa shape index (κ3) is 5.39. The van der Waals surface area contributed by atoms with Crippen LogP contribution in [-0.4, -0.2) is 41.8 Å². The van der Waals surface area contributed by atoms with Crippen LogP contribution in [0.25, 0.3) is 0 Å². The first kappa shape index (κ1) is 20.9. The Labute approximate surface area is 176 Å². The molecule has 0 aliphatic carbocycles. The van der Waals surface area contributed by atoms with Crippen molar-refractivity contribution in [3.8, 4) is 5.75 Å². The third-order valence-electron chi connectivity index (χ3n) is 4.97. The standard InChI is InChI=1S/C23H25ClN2O3/c1-3-12-29-20-10-8-17(9-11-20)14-25(2)23(28)19-13-22(27)26(16-19)15-18-6-4-5-7-21(18)24/h3-11,19H,1,12-16H2,2H3/t19-/m1/s1. The lowest BCUT2D eigenvalue weighted by atomic mass is 10.1. The quantitative estimate of drug-likeness (QED) is 0.617. The molecule has 0 unspecified atom stereocenters. The molecular formula is C23H25ClN2O3. The van der Waals surface area contributed by atoms with Crippen molar-refractivity contribution in [1.29, 1.82) is 0 Å². The van der Waals surface area contributed by atoms with E-state index in [2.05, 4.69) is 6.58 Å². The van der Waals surface area contributed by atoms with Crippen molar-refractivity contribution in [2.75, 3.05) is 20.2 Å². The van der Waals surface area contributed by atoms with Crippen LogP contribution in [0.2, 0.25) is 5.02 Å². The maximum Gasteiger partial charge on any atom is 0.228 e. The van der Waals surface area contributed by atoms with Crippen molar-refractivity contribution < 1.29 is 14.3 Å². The molecule has 0 saturated carbocycles. The van der Waals surface area contributed by atoms with Gasteiger partial charge in [-0.05, 0) is 29.3 Å². The second-order valence-corrected chi connectivity index (χ2v) is 7.61. The molecule has 0 spiro atoms. The average molecular weight is 413 g/mol. The maximum atomic E-state index is 12.9. The summed E-state index contributed by atoms with van der Waals surface area (Å²) >= 11 is 6.20. The molecule has 2 aromatic rings. The van der Waals surface area contributed by atoms with Crippen LogP contribution in [0.3, 0.4) is 0 Å². The lowest BCUT2D eigenvalue weighted by Crippen LogP contribution is -2.34. The zero-order valence-electron chi connectivity index (χ0n) is 16.5. The molecule has 29 heavy (non-hydrogen) atoms. The lowest BCUT2D eigenvalue weighted by Gasteiger charge is -2.22. The average Bonchev–Trinajstić information content (AvgIpc) is 3.09. The first-order valence-electron chi connectivity index (χ1n) is 9.56. The normalized spacial score (nSPS) is 16.0. The van der Waals surface area contributed by atoms with E-state index in [0.29, 0.717) is 31.3 Å². The summed E-state index contributed by atoms with van der Waals surface area (Å²) in [6.07, 6.45) is 1.93. The van der Waals surface area contributed by atoms with Gasteiger partial charge in [0.05, 0.1) is 5.92 Å². The van der Waals surface area contributed by atoms with Crippen LogP contribution in [0.1, 0.15) is 17.5 Å². The van der Waals surface area contributed by atoms with Crippen LogP contribution in [0.15, 0.2) is 61.2 Å². The van der Waals surface area contributed by atoms with Crippen molar-refractivity contribution >= 4 is 23.4 Å². The van der Waals surface area contributed by atoms with E-state index in [0.717, 1.165) is 16.9 Å². The van der Waals surface area contributed by atoms with E-state index < -0.39 is 0 Å². The van der Waals surface area contributed by atoms with Gasteiger partial charge in [-0.25, -0.2) is 0 Å². The van der Waals surface area contributed by atoms with Gasteiger partial charge in [0.2, 0.25) is 11.8 Å². The molecule has 1 atom stereocenters. The first-order valence-corrected chi connectivity index (χ1v) is 9.94. The Morgan fingerprint density at radius 3 is 2.69 bits per heavy atom. The molecule has 152 valence electrons. The van der Waals surface area contributed by atoms with E-state index in [1.54, 1.807) is 22.9 Å².